The summed E-state index contributed by atoms with van der Waals surface area (Å²) in [6.45, 7) is 1.52. The van der Waals surface area contributed by atoms with E-state index in [4.69, 9.17) is 5.11 Å². The SMILES string of the molecule is CC(O)CNC(=O)C(=O)NN. The highest BCUT2D eigenvalue weighted by molar-refractivity contribution is 6.34. The Hall–Kier alpha value is -1.14. The Labute approximate surface area is 63.7 Å². The first kappa shape index (κ1) is 9.86. The standard InChI is InChI=1S/C5H11N3O3/c1-3(9)2-7-4(10)5(11)8-6/h3,9H,2,6H2,1H3,(H,7,10)(H,8,11). The molecule has 0 aromatic carbocycles. The Kier molecular flexibility index (Phi) is 4.16. The minimum atomic E-state index is -0.925. The fourth-order valence-corrected chi connectivity index (χ4v) is 0.386. The van der Waals surface area contributed by atoms with Crippen molar-refractivity contribution in [2.75, 3.05) is 6.54 Å². The topological polar surface area (TPSA) is 104 Å². The number of carbonyl (C=O) groups excluding carboxylic acids is 2. The molecule has 64 valence electrons. The van der Waals surface area contributed by atoms with Crippen LogP contribution in [0.1, 0.15) is 6.92 Å². The van der Waals surface area contributed by atoms with E-state index in [0.717, 1.165) is 0 Å². The summed E-state index contributed by atoms with van der Waals surface area (Å²) in [5, 5.41) is 10.8. The fraction of sp³-hybridized carbons (Fsp3) is 0.600. The monoisotopic (exact) mass is 161 g/mol. The van der Waals surface area contributed by atoms with E-state index < -0.39 is 17.9 Å². The predicted octanol–water partition coefficient (Wildman–Crippen LogP) is -2.53. The first-order valence-electron chi connectivity index (χ1n) is 3.04. The van der Waals surface area contributed by atoms with Gasteiger partial charge in [0, 0.05) is 6.54 Å². The largest absolute Gasteiger partial charge is 0.392 e. The molecule has 0 aliphatic carbocycles. The maximum Gasteiger partial charge on any atom is 0.323 e. The van der Waals surface area contributed by atoms with Crippen LogP contribution in [-0.2, 0) is 9.59 Å². The Bertz CT molecular complexity index is 157. The van der Waals surface area contributed by atoms with Crippen molar-refractivity contribution in [3.63, 3.8) is 0 Å². The minimum Gasteiger partial charge on any atom is -0.392 e. The van der Waals surface area contributed by atoms with Crippen LogP contribution in [0, 0.1) is 0 Å². The van der Waals surface area contributed by atoms with Gasteiger partial charge >= 0.3 is 11.8 Å². The van der Waals surface area contributed by atoms with Gasteiger partial charge in [0.1, 0.15) is 0 Å². The lowest BCUT2D eigenvalue weighted by Gasteiger charge is -2.04. The van der Waals surface area contributed by atoms with Crippen LogP contribution in [0.15, 0.2) is 0 Å². The smallest absolute Gasteiger partial charge is 0.323 e. The molecule has 0 bridgehead atoms. The number of hydrogen-bond acceptors (Lipinski definition) is 4. The second kappa shape index (κ2) is 4.64. The molecule has 0 radical (unpaired) electrons. The van der Waals surface area contributed by atoms with Gasteiger partial charge in [0.25, 0.3) is 0 Å². The van der Waals surface area contributed by atoms with Crippen LogP contribution >= 0.6 is 0 Å². The maximum absolute atomic E-state index is 10.6. The van der Waals surface area contributed by atoms with Crippen molar-refractivity contribution in [3.05, 3.63) is 0 Å². The third-order valence-corrected chi connectivity index (χ3v) is 0.895. The van der Waals surface area contributed by atoms with E-state index in [0.29, 0.717) is 0 Å². The average Bonchev–Trinajstić information content (AvgIpc) is 1.98. The van der Waals surface area contributed by atoms with E-state index in [1.54, 1.807) is 5.43 Å². The van der Waals surface area contributed by atoms with Gasteiger partial charge in [0.15, 0.2) is 0 Å². The van der Waals surface area contributed by atoms with Crippen LogP contribution in [-0.4, -0.2) is 29.6 Å². The number of amides is 2. The molecule has 0 saturated carbocycles. The van der Waals surface area contributed by atoms with Crippen LogP contribution < -0.4 is 16.6 Å². The summed E-state index contributed by atoms with van der Waals surface area (Å²) in [6, 6.07) is 0. The van der Waals surface area contributed by atoms with Crippen molar-refractivity contribution in [2.24, 2.45) is 5.84 Å². The number of rotatable bonds is 2. The molecule has 0 aliphatic rings. The first-order valence-corrected chi connectivity index (χ1v) is 3.04. The highest BCUT2D eigenvalue weighted by atomic mass is 16.3. The van der Waals surface area contributed by atoms with Crippen molar-refractivity contribution in [3.8, 4) is 0 Å². The summed E-state index contributed by atoms with van der Waals surface area (Å²) < 4.78 is 0. The number of carbonyl (C=O) groups is 2. The van der Waals surface area contributed by atoms with Gasteiger partial charge in [0.05, 0.1) is 6.10 Å². The Morgan fingerprint density at radius 3 is 2.45 bits per heavy atom. The second-order valence-electron chi connectivity index (χ2n) is 2.03. The zero-order valence-corrected chi connectivity index (χ0v) is 6.13. The number of nitrogens with two attached hydrogens (primary N) is 1. The van der Waals surface area contributed by atoms with Crippen LogP contribution in [0.4, 0.5) is 0 Å². The van der Waals surface area contributed by atoms with Crippen molar-refractivity contribution in [1.29, 1.82) is 0 Å². The van der Waals surface area contributed by atoms with E-state index in [9.17, 15) is 9.59 Å². The second-order valence-corrected chi connectivity index (χ2v) is 2.03. The summed E-state index contributed by atoms with van der Waals surface area (Å²) in [5.41, 5.74) is 1.66. The van der Waals surface area contributed by atoms with Crippen LogP contribution in [0.3, 0.4) is 0 Å². The molecule has 0 aromatic rings. The lowest BCUT2D eigenvalue weighted by molar-refractivity contribution is -0.139. The molecule has 0 heterocycles. The lowest BCUT2D eigenvalue weighted by Crippen LogP contribution is -2.44. The zero-order valence-electron chi connectivity index (χ0n) is 6.13. The van der Waals surface area contributed by atoms with Gasteiger partial charge < -0.3 is 10.4 Å². The van der Waals surface area contributed by atoms with E-state index in [1.807, 2.05) is 0 Å². The molecule has 1 atom stereocenters. The minimum absolute atomic E-state index is 0.0340. The summed E-state index contributed by atoms with van der Waals surface area (Å²) in [7, 11) is 0. The molecular formula is C5H11N3O3. The van der Waals surface area contributed by atoms with Gasteiger partial charge in [-0.3, -0.25) is 15.0 Å². The van der Waals surface area contributed by atoms with Gasteiger partial charge in [-0.2, -0.15) is 0 Å². The van der Waals surface area contributed by atoms with Crippen LogP contribution in [0.5, 0.6) is 0 Å². The predicted molar refractivity (Wildman–Crippen MR) is 37.0 cm³/mol. The fourth-order valence-electron chi connectivity index (χ4n) is 0.386. The van der Waals surface area contributed by atoms with Gasteiger partial charge in [-0.1, -0.05) is 0 Å². The maximum atomic E-state index is 10.6. The van der Waals surface area contributed by atoms with Gasteiger partial charge in [-0.15, -0.1) is 0 Å². The number of aliphatic hydroxyl groups excluding tert-OH is 1. The Morgan fingerprint density at radius 2 is 2.09 bits per heavy atom. The molecule has 5 N–H and O–H groups in total. The number of aliphatic hydroxyl groups is 1. The summed E-state index contributed by atoms with van der Waals surface area (Å²) >= 11 is 0. The molecule has 2 amide bonds. The molecule has 0 saturated heterocycles. The van der Waals surface area contributed by atoms with Gasteiger partial charge in [0.2, 0.25) is 0 Å². The quantitative estimate of drug-likeness (QED) is 0.155. The number of hydrazine groups is 1. The van der Waals surface area contributed by atoms with Gasteiger partial charge in [-0.25, -0.2) is 5.84 Å². The van der Waals surface area contributed by atoms with E-state index in [-0.39, 0.29) is 6.54 Å². The van der Waals surface area contributed by atoms with Crippen LogP contribution in [0.2, 0.25) is 0 Å². The number of hydrogen-bond donors (Lipinski definition) is 4. The molecular weight excluding hydrogens is 150 g/mol. The van der Waals surface area contributed by atoms with Crippen molar-refractivity contribution in [2.45, 2.75) is 13.0 Å². The molecule has 0 aromatic heterocycles. The Balaban J connectivity index is 3.61. The molecule has 6 nitrogen and oxygen atoms in total. The Morgan fingerprint density at radius 1 is 1.55 bits per heavy atom. The third kappa shape index (κ3) is 4.29. The lowest BCUT2D eigenvalue weighted by atomic mass is 10.4. The van der Waals surface area contributed by atoms with Crippen molar-refractivity contribution in [1.82, 2.24) is 10.7 Å². The van der Waals surface area contributed by atoms with Crippen molar-refractivity contribution < 1.29 is 14.7 Å². The molecule has 6 heteroatoms. The summed E-state index contributed by atoms with van der Waals surface area (Å²) in [5.74, 6) is 2.88. The number of nitrogens with one attached hydrogen (secondary N) is 2. The first-order chi connectivity index (χ1) is 5.07. The van der Waals surface area contributed by atoms with E-state index >= 15 is 0 Å². The third-order valence-electron chi connectivity index (χ3n) is 0.895. The van der Waals surface area contributed by atoms with Crippen molar-refractivity contribution >= 4 is 11.8 Å². The molecule has 11 heavy (non-hydrogen) atoms. The highest BCUT2D eigenvalue weighted by Gasteiger charge is 2.10. The molecule has 0 spiro atoms. The van der Waals surface area contributed by atoms with E-state index in [1.165, 1.54) is 6.92 Å². The molecule has 0 rings (SSSR count). The normalized spacial score (nSPS) is 11.9. The molecule has 0 aliphatic heterocycles. The average molecular weight is 161 g/mol. The zero-order chi connectivity index (χ0) is 8.85. The highest BCUT2D eigenvalue weighted by Crippen LogP contribution is 1.74. The summed E-state index contributed by atoms with van der Waals surface area (Å²) in [6.07, 6.45) is -0.676. The molecule has 1 unspecified atom stereocenters. The van der Waals surface area contributed by atoms with E-state index in [2.05, 4.69) is 11.2 Å². The summed E-state index contributed by atoms with van der Waals surface area (Å²) in [4.78, 5) is 21.0. The molecule has 0 fully saturated rings. The van der Waals surface area contributed by atoms with Gasteiger partial charge in [-0.05, 0) is 6.92 Å². The van der Waals surface area contributed by atoms with Crippen LogP contribution in [0.25, 0.3) is 0 Å².